The molecule has 0 aromatic carbocycles. The highest BCUT2D eigenvalue weighted by molar-refractivity contribution is 5.88. The van der Waals surface area contributed by atoms with Gasteiger partial charge in [-0.25, -0.2) is 0 Å². The van der Waals surface area contributed by atoms with Crippen LogP contribution in [-0.2, 0) is 9.59 Å². The van der Waals surface area contributed by atoms with Gasteiger partial charge in [0.1, 0.15) is 12.6 Å². The van der Waals surface area contributed by atoms with Gasteiger partial charge >= 0.3 is 6.18 Å². The van der Waals surface area contributed by atoms with Crippen molar-refractivity contribution < 1.29 is 22.8 Å². The van der Waals surface area contributed by atoms with Gasteiger partial charge < -0.3 is 15.5 Å². The van der Waals surface area contributed by atoms with Crippen molar-refractivity contribution in [3.8, 4) is 0 Å². The molecule has 0 radical (unpaired) electrons. The van der Waals surface area contributed by atoms with Crippen molar-refractivity contribution in [2.75, 3.05) is 26.7 Å². The fraction of sp³-hybridized carbons (Fsp3) is 0.800. The van der Waals surface area contributed by atoms with E-state index in [9.17, 15) is 22.8 Å². The third kappa shape index (κ3) is 6.11. The molecule has 1 rings (SSSR count). The molecule has 0 spiro atoms. The Labute approximate surface area is 115 Å². The van der Waals surface area contributed by atoms with E-state index in [4.69, 9.17) is 0 Å². The zero-order chi connectivity index (χ0) is 13.8. The largest absolute Gasteiger partial charge is 0.406 e. The summed E-state index contributed by atoms with van der Waals surface area (Å²) in [5.41, 5.74) is 0. The van der Waals surface area contributed by atoms with E-state index in [0.29, 0.717) is 12.8 Å². The Hall–Kier alpha value is -1.02. The van der Waals surface area contributed by atoms with E-state index in [1.807, 2.05) is 0 Å². The van der Waals surface area contributed by atoms with E-state index in [-0.39, 0.29) is 25.5 Å². The third-order valence-electron chi connectivity index (χ3n) is 2.57. The first-order valence-corrected chi connectivity index (χ1v) is 5.63. The molecule has 0 aliphatic carbocycles. The van der Waals surface area contributed by atoms with Gasteiger partial charge in [0.25, 0.3) is 0 Å². The Kier molecular flexibility index (Phi) is 7.14. The lowest BCUT2D eigenvalue weighted by atomic mass is 10.0. The molecule has 0 aromatic heterocycles. The van der Waals surface area contributed by atoms with Gasteiger partial charge in [0.2, 0.25) is 11.8 Å². The molecule has 1 aliphatic heterocycles. The number of halogens is 4. The molecule has 9 heteroatoms. The maximum absolute atomic E-state index is 12.2. The minimum Gasteiger partial charge on any atom is -0.343 e. The topological polar surface area (TPSA) is 61.4 Å². The van der Waals surface area contributed by atoms with Crippen LogP contribution in [-0.4, -0.2) is 55.6 Å². The summed E-state index contributed by atoms with van der Waals surface area (Å²) >= 11 is 0. The molecular formula is C10H17ClF3N3O2. The number of hydrogen-bond donors (Lipinski definition) is 2. The van der Waals surface area contributed by atoms with E-state index in [1.54, 1.807) is 7.05 Å². The highest BCUT2D eigenvalue weighted by Gasteiger charge is 2.37. The molecule has 5 nitrogen and oxygen atoms in total. The highest BCUT2D eigenvalue weighted by atomic mass is 35.5. The second kappa shape index (κ2) is 7.54. The average Bonchev–Trinajstić information content (AvgIpc) is 2.22. The molecule has 1 heterocycles. The monoisotopic (exact) mass is 303 g/mol. The van der Waals surface area contributed by atoms with Crippen molar-refractivity contribution >= 4 is 24.2 Å². The van der Waals surface area contributed by atoms with E-state index >= 15 is 0 Å². The number of rotatable bonds is 4. The number of alkyl halides is 3. The molecule has 1 fully saturated rings. The Bertz CT molecular complexity index is 326. The van der Waals surface area contributed by atoms with Crippen LogP contribution in [0.1, 0.15) is 12.8 Å². The van der Waals surface area contributed by atoms with Crippen LogP contribution in [0.3, 0.4) is 0 Å². The second-order valence-corrected chi connectivity index (χ2v) is 4.17. The van der Waals surface area contributed by atoms with E-state index in [0.717, 1.165) is 4.90 Å². The lowest BCUT2D eigenvalue weighted by Crippen LogP contribution is -2.55. The normalized spacial score (nSPS) is 19.9. The lowest BCUT2D eigenvalue weighted by molar-refractivity contribution is -0.165. The second-order valence-electron chi connectivity index (χ2n) is 4.17. The van der Waals surface area contributed by atoms with Crippen LogP contribution in [0.25, 0.3) is 0 Å². The molecule has 2 N–H and O–H groups in total. The molecular weight excluding hydrogens is 287 g/mol. The molecule has 1 unspecified atom stereocenters. The first-order valence-electron chi connectivity index (χ1n) is 5.63. The lowest BCUT2D eigenvalue weighted by Gasteiger charge is -2.33. The van der Waals surface area contributed by atoms with Gasteiger partial charge in [-0.2, -0.15) is 13.2 Å². The number of piperidine rings is 1. The number of nitrogens with one attached hydrogen (secondary N) is 2. The summed E-state index contributed by atoms with van der Waals surface area (Å²) in [5.74, 6) is -1.06. The van der Waals surface area contributed by atoms with Gasteiger partial charge in [-0.05, 0) is 19.9 Å². The van der Waals surface area contributed by atoms with Crippen molar-refractivity contribution in [1.82, 2.24) is 15.5 Å². The van der Waals surface area contributed by atoms with Gasteiger partial charge in [-0.15, -0.1) is 12.4 Å². The van der Waals surface area contributed by atoms with Crippen molar-refractivity contribution in [3.63, 3.8) is 0 Å². The SMILES string of the molecule is CNCC(=O)NC1CCCN(CC(F)(F)F)C1=O.Cl. The van der Waals surface area contributed by atoms with Crippen LogP contribution >= 0.6 is 12.4 Å². The van der Waals surface area contributed by atoms with Crippen LogP contribution in [0.5, 0.6) is 0 Å². The van der Waals surface area contributed by atoms with Gasteiger partial charge in [0.15, 0.2) is 0 Å². The quantitative estimate of drug-likeness (QED) is 0.785. The molecule has 0 bridgehead atoms. The van der Waals surface area contributed by atoms with Gasteiger partial charge in [0, 0.05) is 6.54 Å². The molecule has 19 heavy (non-hydrogen) atoms. The van der Waals surface area contributed by atoms with E-state index in [2.05, 4.69) is 10.6 Å². The summed E-state index contributed by atoms with van der Waals surface area (Å²) in [5, 5.41) is 5.03. The molecule has 112 valence electrons. The standard InChI is InChI=1S/C10H16F3N3O2.ClH/c1-14-5-8(17)15-7-3-2-4-16(9(7)18)6-10(11,12)13;/h7,14H,2-6H2,1H3,(H,15,17);1H. The number of amides is 2. The maximum Gasteiger partial charge on any atom is 0.406 e. The summed E-state index contributed by atoms with van der Waals surface area (Å²) in [7, 11) is 1.57. The van der Waals surface area contributed by atoms with Crippen LogP contribution in [0, 0.1) is 0 Å². The Balaban J connectivity index is 0.00000324. The van der Waals surface area contributed by atoms with Gasteiger partial charge in [-0.1, -0.05) is 0 Å². The number of carbonyl (C=O) groups excluding carboxylic acids is 2. The Morgan fingerprint density at radius 2 is 2.11 bits per heavy atom. The first-order chi connectivity index (χ1) is 8.33. The van der Waals surface area contributed by atoms with Crippen LogP contribution in [0.2, 0.25) is 0 Å². The van der Waals surface area contributed by atoms with Crippen LogP contribution < -0.4 is 10.6 Å². The fourth-order valence-corrected chi connectivity index (χ4v) is 1.85. The van der Waals surface area contributed by atoms with Crippen LogP contribution in [0.4, 0.5) is 13.2 Å². The smallest absolute Gasteiger partial charge is 0.343 e. The van der Waals surface area contributed by atoms with E-state index < -0.39 is 30.6 Å². The molecule has 1 atom stereocenters. The fourth-order valence-electron chi connectivity index (χ4n) is 1.85. The summed E-state index contributed by atoms with van der Waals surface area (Å²) in [4.78, 5) is 23.8. The Morgan fingerprint density at radius 1 is 1.47 bits per heavy atom. The van der Waals surface area contributed by atoms with Crippen molar-refractivity contribution in [2.24, 2.45) is 0 Å². The number of carbonyl (C=O) groups is 2. The van der Waals surface area contributed by atoms with Crippen molar-refractivity contribution in [1.29, 1.82) is 0 Å². The van der Waals surface area contributed by atoms with Gasteiger partial charge in [0.05, 0.1) is 6.54 Å². The number of likely N-dealkylation sites (tertiary alicyclic amines) is 1. The van der Waals surface area contributed by atoms with Crippen LogP contribution in [0.15, 0.2) is 0 Å². The van der Waals surface area contributed by atoms with Gasteiger partial charge in [-0.3, -0.25) is 9.59 Å². The zero-order valence-corrected chi connectivity index (χ0v) is 11.2. The summed E-state index contributed by atoms with van der Waals surface area (Å²) in [6, 6.07) is -0.845. The summed E-state index contributed by atoms with van der Waals surface area (Å²) < 4.78 is 36.7. The maximum atomic E-state index is 12.2. The molecule has 0 saturated carbocycles. The number of nitrogens with zero attached hydrogens (tertiary/aromatic N) is 1. The van der Waals surface area contributed by atoms with Crippen molar-refractivity contribution in [2.45, 2.75) is 25.1 Å². The zero-order valence-electron chi connectivity index (χ0n) is 10.4. The average molecular weight is 304 g/mol. The number of hydrogen-bond acceptors (Lipinski definition) is 3. The first kappa shape index (κ1) is 18.0. The summed E-state index contributed by atoms with van der Waals surface area (Å²) in [6.07, 6.45) is -3.58. The molecule has 2 amide bonds. The minimum atomic E-state index is -4.41. The predicted octanol–water partition coefficient (Wildman–Crippen LogP) is 0.297. The molecule has 1 saturated heterocycles. The summed E-state index contributed by atoms with van der Waals surface area (Å²) in [6.45, 7) is -1.15. The predicted molar refractivity (Wildman–Crippen MR) is 65.0 cm³/mol. The van der Waals surface area contributed by atoms with Crippen molar-refractivity contribution in [3.05, 3.63) is 0 Å². The Morgan fingerprint density at radius 3 is 2.63 bits per heavy atom. The number of likely N-dealkylation sites (N-methyl/N-ethyl adjacent to an activating group) is 1. The minimum absolute atomic E-state index is 0. The molecule has 0 aromatic rings. The highest BCUT2D eigenvalue weighted by Crippen LogP contribution is 2.20. The third-order valence-corrected chi connectivity index (χ3v) is 2.57. The molecule has 1 aliphatic rings. The van der Waals surface area contributed by atoms with E-state index in [1.165, 1.54) is 0 Å².